The molecule has 0 nitrogen and oxygen atoms in total. The molecule has 1 aliphatic carbocycles. The second-order valence-electron chi connectivity index (χ2n) is 7.01. The summed E-state index contributed by atoms with van der Waals surface area (Å²) in [4.78, 5) is 0. The molecule has 1 spiro atoms. The van der Waals surface area contributed by atoms with Gasteiger partial charge in [-0.3, -0.25) is 0 Å². The molecule has 2 heterocycles. The average molecular weight is 271 g/mol. The molecule has 0 amide bonds. The van der Waals surface area contributed by atoms with Crippen LogP contribution in [-0.2, 0) is 0 Å². The third-order valence-electron chi connectivity index (χ3n) is 5.79. The first-order chi connectivity index (χ1) is 8.08. The fourth-order valence-corrected chi connectivity index (χ4v) is 8.17. The van der Waals surface area contributed by atoms with Gasteiger partial charge in [0, 0.05) is 5.75 Å². The first-order valence-corrected chi connectivity index (χ1v) is 9.33. The Balaban J connectivity index is 1.82. The Morgan fingerprint density at radius 2 is 1.47 bits per heavy atom. The van der Waals surface area contributed by atoms with Crippen molar-refractivity contribution >= 4 is 23.5 Å². The third-order valence-corrected chi connectivity index (χ3v) is 9.53. The van der Waals surface area contributed by atoms with Gasteiger partial charge >= 0.3 is 0 Å². The second kappa shape index (κ2) is 4.37. The van der Waals surface area contributed by atoms with Crippen molar-refractivity contribution in [3.8, 4) is 0 Å². The Labute approximate surface area is 115 Å². The molecule has 0 N–H and O–H groups in total. The predicted molar refractivity (Wildman–Crippen MR) is 80.8 cm³/mol. The van der Waals surface area contributed by atoms with E-state index in [0.717, 1.165) is 0 Å². The van der Waals surface area contributed by atoms with Crippen molar-refractivity contribution in [2.45, 2.75) is 69.3 Å². The van der Waals surface area contributed by atoms with Crippen LogP contribution in [0.25, 0.3) is 0 Å². The Kier molecular flexibility index (Phi) is 3.27. The van der Waals surface area contributed by atoms with Crippen molar-refractivity contribution in [2.75, 3.05) is 11.5 Å². The van der Waals surface area contributed by atoms with E-state index in [1.807, 2.05) is 0 Å². The topological polar surface area (TPSA) is 0 Å². The van der Waals surface area contributed by atoms with Gasteiger partial charge in [0.1, 0.15) is 0 Å². The highest BCUT2D eigenvalue weighted by atomic mass is 32.2. The van der Waals surface area contributed by atoms with Crippen LogP contribution in [0.15, 0.2) is 0 Å². The average Bonchev–Trinajstić information content (AvgIpc) is 2.32. The van der Waals surface area contributed by atoms with E-state index in [2.05, 4.69) is 37.4 Å². The number of fused-ring (bicyclic) bond motifs is 1. The smallest absolute Gasteiger partial charge is 0.0616 e. The van der Waals surface area contributed by atoms with E-state index in [-0.39, 0.29) is 0 Å². The van der Waals surface area contributed by atoms with Gasteiger partial charge in [0.2, 0.25) is 0 Å². The lowest BCUT2D eigenvalue weighted by molar-refractivity contribution is 0.0183. The van der Waals surface area contributed by atoms with Gasteiger partial charge in [0.25, 0.3) is 0 Å². The molecule has 0 aromatic heterocycles. The van der Waals surface area contributed by atoms with Crippen LogP contribution in [0.4, 0.5) is 0 Å². The number of hydrogen-bond donors (Lipinski definition) is 0. The van der Waals surface area contributed by atoms with Crippen LogP contribution in [0.3, 0.4) is 0 Å². The zero-order valence-corrected chi connectivity index (χ0v) is 13.0. The molecule has 3 atom stereocenters. The van der Waals surface area contributed by atoms with Crippen molar-refractivity contribution in [1.29, 1.82) is 0 Å². The van der Waals surface area contributed by atoms with Gasteiger partial charge in [-0.15, -0.1) is 23.5 Å². The molecule has 0 unspecified atom stereocenters. The summed E-state index contributed by atoms with van der Waals surface area (Å²) in [6, 6.07) is 0. The summed E-state index contributed by atoms with van der Waals surface area (Å²) < 4.78 is 0.615. The van der Waals surface area contributed by atoms with Crippen molar-refractivity contribution in [2.24, 2.45) is 10.8 Å². The molecule has 2 aliphatic heterocycles. The normalized spacial score (nSPS) is 51.2. The zero-order chi connectivity index (χ0) is 12.0. The lowest BCUT2D eigenvalue weighted by Gasteiger charge is -2.59. The van der Waals surface area contributed by atoms with Crippen LogP contribution >= 0.6 is 23.5 Å². The molecular formula is C15H26S2. The maximum absolute atomic E-state index is 2.61. The van der Waals surface area contributed by atoms with Crippen LogP contribution in [0.5, 0.6) is 0 Å². The quantitative estimate of drug-likeness (QED) is 0.584. The van der Waals surface area contributed by atoms with Crippen molar-refractivity contribution < 1.29 is 0 Å². The molecule has 2 saturated heterocycles. The van der Waals surface area contributed by atoms with E-state index in [4.69, 9.17) is 0 Å². The van der Waals surface area contributed by atoms with Gasteiger partial charge in [-0.05, 0) is 48.7 Å². The van der Waals surface area contributed by atoms with E-state index in [1.165, 1.54) is 62.9 Å². The van der Waals surface area contributed by atoms with Crippen molar-refractivity contribution in [3.05, 3.63) is 0 Å². The van der Waals surface area contributed by atoms with E-state index < -0.39 is 0 Å². The Bertz CT molecular complexity index is 295. The molecule has 2 heteroatoms. The molecule has 0 radical (unpaired) electrons. The zero-order valence-electron chi connectivity index (χ0n) is 11.4. The van der Waals surface area contributed by atoms with Crippen LogP contribution in [0.2, 0.25) is 0 Å². The Hall–Kier alpha value is 0.700. The summed E-state index contributed by atoms with van der Waals surface area (Å²) in [7, 11) is 0. The maximum Gasteiger partial charge on any atom is 0.0616 e. The summed E-state index contributed by atoms with van der Waals surface area (Å²) in [5, 5.41) is 0. The van der Waals surface area contributed by atoms with Gasteiger partial charge in [0.15, 0.2) is 0 Å². The van der Waals surface area contributed by atoms with Gasteiger partial charge in [0.05, 0.1) is 4.08 Å². The fraction of sp³-hybridized carbons (Fsp3) is 1.00. The van der Waals surface area contributed by atoms with Crippen molar-refractivity contribution in [3.63, 3.8) is 0 Å². The summed E-state index contributed by atoms with van der Waals surface area (Å²) in [5.41, 5.74) is 1.28. The fourth-order valence-electron chi connectivity index (χ4n) is 4.20. The molecule has 0 bridgehead atoms. The SMILES string of the molecule is C[C@]12CCCC[C@]1(C)C[C@]1(CCCCS1)SC2. The Morgan fingerprint density at radius 3 is 2.18 bits per heavy atom. The maximum atomic E-state index is 2.61. The van der Waals surface area contributed by atoms with Gasteiger partial charge in [-0.25, -0.2) is 0 Å². The Morgan fingerprint density at radius 1 is 0.765 bits per heavy atom. The summed E-state index contributed by atoms with van der Waals surface area (Å²) in [6.45, 7) is 5.20. The van der Waals surface area contributed by atoms with Crippen LogP contribution in [0.1, 0.15) is 65.2 Å². The largest absolute Gasteiger partial charge is 0.144 e. The van der Waals surface area contributed by atoms with E-state index >= 15 is 0 Å². The predicted octanol–water partition coefficient (Wildman–Crippen LogP) is 5.32. The molecular weight excluding hydrogens is 244 g/mol. The molecule has 17 heavy (non-hydrogen) atoms. The van der Waals surface area contributed by atoms with Gasteiger partial charge in [-0.2, -0.15) is 0 Å². The first-order valence-electron chi connectivity index (χ1n) is 7.36. The molecule has 98 valence electrons. The third kappa shape index (κ3) is 2.08. The van der Waals surface area contributed by atoms with Crippen LogP contribution in [-0.4, -0.2) is 15.6 Å². The van der Waals surface area contributed by atoms with E-state index in [9.17, 15) is 0 Å². The lowest BCUT2D eigenvalue weighted by atomic mass is 9.56. The first kappa shape index (κ1) is 12.7. The summed E-state index contributed by atoms with van der Waals surface area (Å²) in [5.74, 6) is 2.84. The minimum absolute atomic E-state index is 0.615. The number of rotatable bonds is 0. The highest BCUT2D eigenvalue weighted by molar-refractivity contribution is 8.18. The van der Waals surface area contributed by atoms with Gasteiger partial charge in [-0.1, -0.05) is 33.1 Å². The number of thioether (sulfide) groups is 2. The monoisotopic (exact) mass is 270 g/mol. The van der Waals surface area contributed by atoms with Gasteiger partial charge < -0.3 is 0 Å². The minimum atomic E-state index is 0.615. The highest BCUT2D eigenvalue weighted by Crippen LogP contribution is 2.66. The van der Waals surface area contributed by atoms with E-state index in [1.54, 1.807) is 0 Å². The molecule has 3 fully saturated rings. The van der Waals surface area contributed by atoms with E-state index in [0.29, 0.717) is 14.9 Å². The molecule has 3 aliphatic rings. The van der Waals surface area contributed by atoms with Crippen LogP contribution < -0.4 is 0 Å². The number of hydrogen-bond acceptors (Lipinski definition) is 2. The van der Waals surface area contributed by atoms with Crippen molar-refractivity contribution in [1.82, 2.24) is 0 Å². The molecule has 1 saturated carbocycles. The molecule has 0 aromatic rings. The summed E-state index contributed by atoms with van der Waals surface area (Å²) >= 11 is 4.63. The minimum Gasteiger partial charge on any atom is -0.144 e. The highest BCUT2D eigenvalue weighted by Gasteiger charge is 2.55. The lowest BCUT2D eigenvalue weighted by Crippen LogP contribution is -2.51. The molecule has 0 aromatic carbocycles. The summed E-state index contributed by atoms with van der Waals surface area (Å²) in [6.07, 6.45) is 11.8. The standard InChI is InChI=1S/C15H26S2/c1-13-7-3-4-8-14(13,2)12-17-15(11-13)9-5-6-10-16-15/h3-12H2,1-2H3/t13-,14-,15+/m1/s1. The van der Waals surface area contributed by atoms with Crippen LogP contribution in [0, 0.1) is 10.8 Å². The molecule has 3 rings (SSSR count). The second-order valence-corrected chi connectivity index (χ2v) is 10.1.